The van der Waals surface area contributed by atoms with Crippen LogP contribution in [0.25, 0.3) is 0 Å². The molecule has 1 aliphatic carbocycles. The Morgan fingerprint density at radius 3 is 2.20 bits per heavy atom. The topological polar surface area (TPSA) is 21.7 Å². The van der Waals surface area contributed by atoms with Crippen LogP contribution in [-0.4, -0.2) is 46.7 Å². The Morgan fingerprint density at radius 2 is 1.60 bits per heavy atom. The molecule has 1 aliphatic heterocycles. The minimum atomic E-state index is -0.589. The highest BCUT2D eigenvalue weighted by atomic mass is 28.3. The highest BCUT2D eigenvalue weighted by Gasteiger charge is 2.33. The van der Waals surface area contributed by atoms with Gasteiger partial charge in [-0.1, -0.05) is 12.8 Å². The summed E-state index contributed by atoms with van der Waals surface area (Å²) in [5.74, 6) is 1.05. The van der Waals surface area contributed by atoms with Crippen LogP contribution in [0.5, 0.6) is 0 Å². The van der Waals surface area contributed by atoms with Gasteiger partial charge in [0, 0.05) is 25.3 Å². The second kappa shape index (κ2) is 10.8. The van der Waals surface area contributed by atoms with Gasteiger partial charge in [-0.05, 0) is 65.8 Å². The smallest absolute Gasteiger partial charge is 0.304 e. The summed E-state index contributed by atoms with van der Waals surface area (Å²) >= 11 is 0. The van der Waals surface area contributed by atoms with Crippen molar-refractivity contribution in [1.82, 2.24) is 4.90 Å². The molecule has 1 saturated carbocycles. The van der Waals surface area contributed by atoms with Gasteiger partial charge in [0.2, 0.25) is 0 Å². The lowest BCUT2D eigenvalue weighted by Crippen LogP contribution is -2.49. The lowest BCUT2D eigenvalue weighted by molar-refractivity contribution is 0.0371. The fourth-order valence-corrected chi connectivity index (χ4v) is 3.98. The first kappa shape index (κ1) is 18.1. The van der Waals surface area contributed by atoms with Crippen molar-refractivity contribution in [3.8, 4) is 0 Å². The zero-order valence-electron chi connectivity index (χ0n) is 14.1. The maximum absolute atomic E-state index is 4.99. The molecule has 2 fully saturated rings. The van der Waals surface area contributed by atoms with Crippen molar-refractivity contribution in [2.75, 3.05) is 19.8 Å². The molecule has 0 spiro atoms. The molecule has 2 aliphatic rings. The number of fused-ring (bicyclic) bond motifs is 1. The van der Waals surface area contributed by atoms with Crippen LogP contribution in [0.4, 0.5) is 0 Å². The normalized spacial score (nSPS) is 26.9. The van der Waals surface area contributed by atoms with Gasteiger partial charge in [-0.3, -0.25) is 4.90 Å². The van der Waals surface area contributed by atoms with Crippen LogP contribution in [0.15, 0.2) is 0 Å². The van der Waals surface area contributed by atoms with E-state index in [1.165, 1.54) is 45.1 Å². The molecule has 120 valence electrons. The predicted octanol–water partition coefficient (Wildman–Crippen LogP) is 3.11. The van der Waals surface area contributed by atoms with E-state index in [4.69, 9.17) is 8.85 Å². The van der Waals surface area contributed by atoms with E-state index in [1.807, 2.05) is 13.8 Å². The van der Waals surface area contributed by atoms with Crippen molar-refractivity contribution < 1.29 is 8.85 Å². The van der Waals surface area contributed by atoms with E-state index in [2.05, 4.69) is 18.7 Å². The molecule has 0 radical (unpaired) electrons. The van der Waals surface area contributed by atoms with E-state index in [9.17, 15) is 0 Å². The molecule has 0 N–H and O–H groups in total. The monoisotopic (exact) mass is 301 g/mol. The van der Waals surface area contributed by atoms with Crippen LogP contribution < -0.4 is 0 Å². The van der Waals surface area contributed by atoms with Crippen LogP contribution in [0.3, 0.4) is 0 Å². The van der Waals surface area contributed by atoms with E-state index in [1.54, 1.807) is 0 Å². The molecule has 4 heteroatoms. The van der Waals surface area contributed by atoms with Gasteiger partial charge in [0.15, 0.2) is 0 Å². The second-order valence-corrected chi connectivity index (χ2v) is 7.24. The van der Waals surface area contributed by atoms with Gasteiger partial charge in [-0.15, -0.1) is 0 Å². The highest BCUT2D eigenvalue weighted by Crippen LogP contribution is 2.35. The van der Waals surface area contributed by atoms with Crippen molar-refractivity contribution in [1.29, 1.82) is 0 Å². The van der Waals surface area contributed by atoms with Crippen LogP contribution in [0, 0.1) is 5.92 Å². The third-order valence-electron chi connectivity index (χ3n) is 4.52. The third kappa shape index (κ3) is 6.25. The third-order valence-corrected chi connectivity index (χ3v) is 5.67. The van der Waals surface area contributed by atoms with Gasteiger partial charge in [-0.2, -0.15) is 0 Å². The van der Waals surface area contributed by atoms with Crippen molar-refractivity contribution in [3.63, 3.8) is 0 Å². The van der Waals surface area contributed by atoms with Gasteiger partial charge in [0.05, 0.1) is 0 Å². The molecule has 2 rings (SSSR count). The summed E-state index contributed by atoms with van der Waals surface area (Å²) in [4.78, 5) is 2.76. The first-order valence-electron chi connectivity index (χ1n) is 8.61. The molecule has 2 atom stereocenters. The number of hydrogen-bond donors (Lipinski definition) is 0. The highest BCUT2D eigenvalue weighted by molar-refractivity contribution is 6.17. The summed E-state index contributed by atoms with van der Waals surface area (Å²) in [5.41, 5.74) is 0. The maximum atomic E-state index is 4.99. The number of nitrogens with zero attached hydrogens (tertiary/aromatic N) is 1. The second-order valence-electron chi connectivity index (χ2n) is 6.19. The van der Waals surface area contributed by atoms with Crippen molar-refractivity contribution in [3.05, 3.63) is 0 Å². The number of hydrogen-bond acceptors (Lipinski definition) is 3. The summed E-state index contributed by atoms with van der Waals surface area (Å²) in [7, 11) is -0.589. The van der Waals surface area contributed by atoms with Crippen molar-refractivity contribution in [2.45, 2.75) is 78.3 Å². The number of likely N-dealkylation sites (tertiary alicyclic amines) is 1. The van der Waals surface area contributed by atoms with Crippen LogP contribution in [-0.2, 0) is 8.85 Å². The molecule has 1 heterocycles. The van der Waals surface area contributed by atoms with Gasteiger partial charge in [0.25, 0.3) is 0 Å². The Labute approximate surface area is 128 Å². The lowest BCUT2D eigenvalue weighted by Gasteiger charge is -2.46. The molecule has 0 aromatic carbocycles. The Morgan fingerprint density at radius 1 is 1.00 bits per heavy atom. The largest absolute Gasteiger partial charge is 0.399 e. The van der Waals surface area contributed by atoms with Gasteiger partial charge < -0.3 is 8.85 Å². The summed E-state index contributed by atoms with van der Waals surface area (Å²) in [6.45, 7) is 11.6. The molecule has 0 amide bonds. The molecule has 20 heavy (non-hydrogen) atoms. The maximum Gasteiger partial charge on any atom is 0.304 e. The molecular formula is C16H35NO2Si. The zero-order chi connectivity index (χ0) is 14.8. The average molecular weight is 302 g/mol. The van der Waals surface area contributed by atoms with Crippen LogP contribution >= 0.6 is 0 Å². The first-order chi connectivity index (χ1) is 9.70. The molecule has 2 unspecified atom stereocenters. The minimum Gasteiger partial charge on any atom is -0.399 e. The predicted molar refractivity (Wildman–Crippen MR) is 88.6 cm³/mol. The van der Waals surface area contributed by atoms with Crippen LogP contribution in [0.1, 0.15) is 66.2 Å². The minimum absolute atomic E-state index is 0.589. The van der Waals surface area contributed by atoms with E-state index < -0.39 is 10.0 Å². The Bertz CT molecular complexity index is 233. The van der Waals surface area contributed by atoms with E-state index in [0.29, 0.717) is 0 Å². The molecular weight excluding hydrogens is 266 g/mol. The first-order valence-corrected chi connectivity index (χ1v) is 9.77. The summed E-state index contributed by atoms with van der Waals surface area (Å²) in [6.07, 6.45) is 8.90. The van der Waals surface area contributed by atoms with Crippen molar-refractivity contribution in [2.24, 2.45) is 5.92 Å². The molecule has 0 aromatic rings. The number of rotatable bonds is 5. The Balaban J connectivity index is 0.000000246. The Hall–Kier alpha value is 0.0969. The zero-order valence-corrected chi connectivity index (χ0v) is 15.5. The van der Waals surface area contributed by atoms with Gasteiger partial charge in [-0.25, -0.2) is 0 Å². The Kier molecular flexibility index (Phi) is 9.77. The standard InChI is InChI=1S/C12H23N.C4H12O2Si/c1-10(2)13-9-5-7-11-6-3-4-8-12(11)13;1-3-5-7-6-4-2/h10-12H,3-9H2,1-2H3;3-4,7H2,1-2H3. The SMILES string of the molecule is CC(C)N1CCCC2CCCCC21.CCO[SiH2]OCC. The lowest BCUT2D eigenvalue weighted by atomic mass is 9.78. The number of piperidine rings is 1. The fourth-order valence-electron chi connectivity index (χ4n) is 3.53. The molecule has 0 bridgehead atoms. The fraction of sp³-hybridized carbons (Fsp3) is 1.00. The van der Waals surface area contributed by atoms with Crippen molar-refractivity contribution >= 4 is 10.0 Å². The summed E-state index contributed by atoms with van der Waals surface area (Å²) < 4.78 is 9.98. The van der Waals surface area contributed by atoms with E-state index >= 15 is 0 Å². The van der Waals surface area contributed by atoms with Crippen LogP contribution in [0.2, 0.25) is 0 Å². The average Bonchev–Trinajstić information content (AvgIpc) is 2.48. The van der Waals surface area contributed by atoms with E-state index in [-0.39, 0.29) is 0 Å². The quantitative estimate of drug-likeness (QED) is 0.575. The van der Waals surface area contributed by atoms with Gasteiger partial charge >= 0.3 is 10.0 Å². The molecule has 3 nitrogen and oxygen atoms in total. The summed E-state index contributed by atoms with van der Waals surface area (Å²) in [5, 5.41) is 0. The van der Waals surface area contributed by atoms with E-state index in [0.717, 1.165) is 31.2 Å². The molecule has 0 aromatic heterocycles. The molecule has 1 saturated heterocycles. The van der Waals surface area contributed by atoms with Gasteiger partial charge in [0.1, 0.15) is 0 Å². The summed E-state index contributed by atoms with van der Waals surface area (Å²) in [6, 6.07) is 1.72.